The molecule has 1 atom stereocenters. The maximum Gasteiger partial charge on any atom is 0.255 e. The Balaban J connectivity index is 1.44. The third kappa shape index (κ3) is 3.94. The second kappa shape index (κ2) is 8.24. The molecule has 4 N–H and O–H groups in total. The summed E-state index contributed by atoms with van der Waals surface area (Å²) in [5.74, 6) is -0.761. The second-order valence-electron chi connectivity index (χ2n) is 8.71. The Bertz CT molecular complexity index is 816. The van der Waals surface area contributed by atoms with E-state index in [0.717, 1.165) is 17.7 Å². The molecular weight excluding hydrogens is 368 g/mol. The first-order valence-corrected chi connectivity index (χ1v) is 10.7. The molecule has 4 rings (SSSR count). The van der Waals surface area contributed by atoms with Crippen LogP contribution < -0.4 is 16.4 Å². The van der Waals surface area contributed by atoms with Crippen LogP contribution in [0, 0.1) is 5.41 Å². The Morgan fingerprint density at radius 1 is 1.17 bits per heavy atom. The van der Waals surface area contributed by atoms with Gasteiger partial charge in [-0.2, -0.15) is 0 Å². The number of nitrogens with zero attached hydrogens (tertiary/aromatic N) is 1. The van der Waals surface area contributed by atoms with Crippen molar-refractivity contribution >= 4 is 17.7 Å². The van der Waals surface area contributed by atoms with E-state index >= 15 is 0 Å². The van der Waals surface area contributed by atoms with Crippen molar-refractivity contribution in [2.24, 2.45) is 11.1 Å². The van der Waals surface area contributed by atoms with E-state index in [9.17, 15) is 14.4 Å². The molecule has 0 radical (unpaired) electrons. The van der Waals surface area contributed by atoms with Gasteiger partial charge in [-0.05, 0) is 48.4 Å². The lowest BCUT2D eigenvalue weighted by atomic mass is 9.74. The topological polar surface area (TPSA) is 105 Å². The van der Waals surface area contributed by atoms with Crippen LogP contribution in [0.25, 0.3) is 0 Å². The van der Waals surface area contributed by atoms with Gasteiger partial charge in [-0.3, -0.25) is 19.7 Å². The number of benzene rings is 1. The maximum atomic E-state index is 12.9. The summed E-state index contributed by atoms with van der Waals surface area (Å²) in [7, 11) is 0. The van der Waals surface area contributed by atoms with E-state index in [-0.39, 0.29) is 29.6 Å². The number of fused-ring (bicyclic) bond motifs is 1. The van der Waals surface area contributed by atoms with Crippen LogP contribution >= 0.6 is 0 Å². The Morgan fingerprint density at radius 2 is 1.97 bits per heavy atom. The minimum absolute atomic E-state index is 0.123. The predicted molar refractivity (Wildman–Crippen MR) is 109 cm³/mol. The Labute approximate surface area is 171 Å². The van der Waals surface area contributed by atoms with E-state index in [1.807, 2.05) is 18.2 Å². The summed E-state index contributed by atoms with van der Waals surface area (Å²) in [4.78, 5) is 38.2. The van der Waals surface area contributed by atoms with Crippen molar-refractivity contribution in [3.8, 4) is 0 Å². The highest BCUT2D eigenvalue weighted by molar-refractivity contribution is 6.05. The number of hydrogen-bond donors (Lipinski definition) is 3. The van der Waals surface area contributed by atoms with Gasteiger partial charge in [-0.15, -0.1) is 0 Å². The van der Waals surface area contributed by atoms with Crippen LogP contribution in [0.4, 0.5) is 0 Å². The summed E-state index contributed by atoms with van der Waals surface area (Å²) < 4.78 is 0. The van der Waals surface area contributed by atoms with Gasteiger partial charge < -0.3 is 16.0 Å². The normalized spacial score (nSPS) is 23.8. The second-order valence-corrected chi connectivity index (χ2v) is 8.71. The van der Waals surface area contributed by atoms with Crippen LogP contribution in [0.3, 0.4) is 0 Å². The number of piperidine rings is 1. The van der Waals surface area contributed by atoms with E-state index in [4.69, 9.17) is 5.73 Å². The molecule has 1 saturated carbocycles. The summed E-state index contributed by atoms with van der Waals surface area (Å²) in [5.41, 5.74) is 9.03. The molecule has 1 aromatic carbocycles. The largest absolute Gasteiger partial charge is 0.330 e. The molecular formula is C22H30N4O3. The van der Waals surface area contributed by atoms with E-state index in [1.165, 1.54) is 32.1 Å². The molecule has 2 aliphatic heterocycles. The number of carbonyl (C=O) groups excluding carboxylic acids is 3. The molecule has 0 bridgehead atoms. The highest BCUT2D eigenvalue weighted by Gasteiger charge is 2.39. The number of nitrogens with two attached hydrogens (primary N) is 1. The molecule has 1 saturated heterocycles. The fraction of sp³-hybridized carbons (Fsp3) is 0.591. The molecule has 1 aliphatic carbocycles. The van der Waals surface area contributed by atoms with Crippen molar-refractivity contribution < 1.29 is 14.4 Å². The lowest BCUT2D eigenvalue weighted by Gasteiger charge is -2.36. The molecule has 156 valence electrons. The third-order valence-corrected chi connectivity index (χ3v) is 6.84. The van der Waals surface area contributed by atoms with E-state index in [0.29, 0.717) is 31.6 Å². The molecule has 7 heteroatoms. The van der Waals surface area contributed by atoms with Gasteiger partial charge in [0.25, 0.3) is 5.91 Å². The number of nitrogens with one attached hydrogen (secondary N) is 2. The maximum absolute atomic E-state index is 12.9. The minimum atomic E-state index is -0.573. The molecule has 2 fully saturated rings. The first-order valence-electron chi connectivity index (χ1n) is 10.7. The summed E-state index contributed by atoms with van der Waals surface area (Å²) >= 11 is 0. The van der Waals surface area contributed by atoms with Gasteiger partial charge in [0.05, 0.1) is 0 Å². The van der Waals surface area contributed by atoms with Gasteiger partial charge in [-0.1, -0.05) is 31.4 Å². The monoisotopic (exact) mass is 398 g/mol. The fourth-order valence-corrected chi connectivity index (χ4v) is 5.03. The van der Waals surface area contributed by atoms with Crippen LogP contribution in [0.15, 0.2) is 18.2 Å². The highest BCUT2D eigenvalue weighted by Crippen LogP contribution is 2.35. The molecule has 2 heterocycles. The quantitative estimate of drug-likeness (QED) is 0.629. The molecule has 1 unspecified atom stereocenters. The molecule has 1 aromatic rings. The number of imide groups is 1. The van der Waals surface area contributed by atoms with Gasteiger partial charge in [0.2, 0.25) is 11.8 Å². The van der Waals surface area contributed by atoms with Crippen molar-refractivity contribution in [2.45, 2.75) is 64.1 Å². The number of hydrogen-bond acceptors (Lipinski definition) is 5. The standard InChI is InChI=1S/C22H30N4O3/c23-13-22(9-2-1-3-10-22)14-24-11-15-5-4-6-16-17(15)12-26(21(16)29)18-7-8-19(27)25-20(18)28/h4-6,18,24H,1-3,7-14,23H2,(H,25,27,28). The van der Waals surface area contributed by atoms with Gasteiger partial charge in [0.15, 0.2) is 0 Å². The molecule has 7 nitrogen and oxygen atoms in total. The molecule has 3 amide bonds. The summed E-state index contributed by atoms with van der Waals surface area (Å²) in [6.45, 7) is 2.69. The van der Waals surface area contributed by atoms with Gasteiger partial charge in [0.1, 0.15) is 6.04 Å². The van der Waals surface area contributed by atoms with Crippen LogP contribution in [0.5, 0.6) is 0 Å². The van der Waals surface area contributed by atoms with Crippen molar-refractivity contribution in [3.63, 3.8) is 0 Å². The number of amides is 3. The average Bonchev–Trinajstić information content (AvgIpc) is 3.06. The van der Waals surface area contributed by atoms with Crippen LogP contribution in [0.2, 0.25) is 0 Å². The minimum Gasteiger partial charge on any atom is -0.330 e. The van der Waals surface area contributed by atoms with Gasteiger partial charge >= 0.3 is 0 Å². The zero-order chi connectivity index (χ0) is 20.4. The van der Waals surface area contributed by atoms with Crippen molar-refractivity contribution in [1.29, 1.82) is 0 Å². The average molecular weight is 399 g/mol. The summed E-state index contributed by atoms with van der Waals surface area (Å²) in [6.07, 6.45) is 6.79. The van der Waals surface area contributed by atoms with Crippen LogP contribution in [0.1, 0.15) is 66.4 Å². The highest BCUT2D eigenvalue weighted by atomic mass is 16.2. The smallest absolute Gasteiger partial charge is 0.255 e. The lowest BCUT2D eigenvalue weighted by Crippen LogP contribution is -2.52. The lowest BCUT2D eigenvalue weighted by molar-refractivity contribution is -0.136. The molecule has 29 heavy (non-hydrogen) atoms. The SMILES string of the molecule is NCC1(CNCc2cccc3c2CN(C2CCC(=O)NC2=O)C3=O)CCCCC1. The Morgan fingerprint density at radius 3 is 2.69 bits per heavy atom. The van der Waals surface area contributed by atoms with Gasteiger partial charge in [-0.25, -0.2) is 0 Å². The first-order chi connectivity index (χ1) is 14.0. The van der Waals surface area contributed by atoms with Crippen LogP contribution in [-0.2, 0) is 22.7 Å². The number of carbonyl (C=O) groups is 3. The van der Waals surface area contributed by atoms with Crippen molar-refractivity contribution in [1.82, 2.24) is 15.5 Å². The number of rotatable bonds is 6. The zero-order valence-corrected chi connectivity index (χ0v) is 16.8. The summed E-state index contributed by atoms with van der Waals surface area (Å²) in [6, 6.07) is 5.20. The zero-order valence-electron chi connectivity index (χ0n) is 16.8. The van der Waals surface area contributed by atoms with E-state index in [2.05, 4.69) is 10.6 Å². The predicted octanol–water partition coefficient (Wildman–Crippen LogP) is 1.45. The molecule has 0 spiro atoms. The van der Waals surface area contributed by atoms with Crippen molar-refractivity contribution in [2.75, 3.05) is 13.1 Å². The Hall–Kier alpha value is -2.25. The van der Waals surface area contributed by atoms with E-state index in [1.54, 1.807) is 4.90 Å². The Kier molecular flexibility index (Phi) is 5.69. The third-order valence-electron chi connectivity index (χ3n) is 6.84. The molecule has 3 aliphatic rings. The van der Waals surface area contributed by atoms with Crippen molar-refractivity contribution in [3.05, 3.63) is 34.9 Å². The van der Waals surface area contributed by atoms with Crippen LogP contribution in [-0.4, -0.2) is 41.8 Å². The first kappa shape index (κ1) is 20.0. The summed E-state index contributed by atoms with van der Waals surface area (Å²) in [5, 5.41) is 5.94. The van der Waals surface area contributed by atoms with E-state index < -0.39 is 6.04 Å². The molecule has 0 aromatic heterocycles. The van der Waals surface area contributed by atoms with Gasteiger partial charge in [0, 0.05) is 31.6 Å². The fourth-order valence-electron chi connectivity index (χ4n) is 5.03.